The van der Waals surface area contributed by atoms with Gasteiger partial charge in [-0.2, -0.15) is 4.52 Å². The lowest BCUT2D eigenvalue weighted by Gasteiger charge is -2.10. The van der Waals surface area contributed by atoms with Crippen molar-refractivity contribution in [2.24, 2.45) is 5.73 Å². The summed E-state index contributed by atoms with van der Waals surface area (Å²) < 4.78 is 51.8. The van der Waals surface area contributed by atoms with E-state index in [2.05, 4.69) is 30.3 Å². The summed E-state index contributed by atoms with van der Waals surface area (Å²) in [5, 5.41) is 16.3. The fourth-order valence-electron chi connectivity index (χ4n) is 3.48. The summed E-state index contributed by atoms with van der Waals surface area (Å²) in [5.74, 6) is -0.613. The van der Waals surface area contributed by atoms with E-state index in [1.54, 1.807) is 18.2 Å². The number of rotatable bonds is 11. The van der Waals surface area contributed by atoms with E-state index in [9.17, 15) is 22.8 Å². The minimum atomic E-state index is -4.76. The molecular weight excluding hydrogens is 523 g/mol. The number of aromatic nitrogens is 5. The largest absolute Gasteiger partial charge is 0.522 e. The minimum Gasteiger partial charge on any atom is -0.470 e. The lowest BCUT2D eigenvalue weighted by molar-refractivity contribution is -0.323. The van der Waals surface area contributed by atoms with Crippen LogP contribution >= 0.6 is 0 Å². The molecule has 0 aliphatic heterocycles. The monoisotopic (exact) mass is 545 g/mol. The first-order valence-corrected chi connectivity index (χ1v) is 11.4. The van der Waals surface area contributed by atoms with E-state index < -0.39 is 18.9 Å². The molecule has 0 aliphatic carbocycles. The Bertz CT molecular complexity index is 1520. The summed E-state index contributed by atoms with van der Waals surface area (Å²) in [6.45, 7) is -1.21. The fraction of sp³-hybridized carbons (Fsp3) is 0.250. The van der Waals surface area contributed by atoms with Crippen molar-refractivity contribution in [1.29, 1.82) is 0 Å². The second kappa shape index (κ2) is 11.8. The molecule has 12 nitrogen and oxygen atoms in total. The van der Waals surface area contributed by atoms with E-state index >= 15 is 0 Å². The lowest BCUT2D eigenvalue weighted by Crippen LogP contribution is -2.29. The topological polar surface area (TPSA) is 156 Å². The average Bonchev–Trinajstić information content (AvgIpc) is 3.34. The van der Waals surface area contributed by atoms with Crippen molar-refractivity contribution in [3.63, 3.8) is 0 Å². The number of carbonyl (C=O) groups excluding carboxylic acids is 2. The molecule has 0 aliphatic rings. The van der Waals surface area contributed by atoms with Crippen LogP contribution in [0.2, 0.25) is 0 Å². The number of ketones is 1. The van der Waals surface area contributed by atoms with Crippen LogP contribution in [0.4, 0.5) is 13.2 Å². The van der Waals surface area contributed by atoms with Crippen molar-refractivity contribution in [2.45, 2.75) is 13.0 Å². The quantitative estimate of drug-likeness (QED) is 0.211. The Morgan fingerprint density at radius 3 is 2.59 bits per heavy atom. The van der Waals surface area contributed by atoms with Gasteiger partial charge in [-0.3, -0.25) is 19.3 Å². The summed E-state index contributed by atoms with van der Waals surface area (Å²) in [5.41, 5.74) is 7.11. The number of nitrogens with one attached hydrogen (secondary N) is 1. The van der Waals surface area contributed by atoms with Crippen molar-refractivity contribution in [3.05, 3.63) is 65.8 Å². The summed E-state index contributed by atoms with van der Waals surface area (Å²) in [6.07, 6.45) is -2.31. The van der Waals surface area contributed by atoms with Crippen LogP contribution < -0.4 is 15.8 Å². The number of nitrogens with zero attached hydrogens (tertiary/aromatic N) is 5. The molecule has 3 N–H and O–H groups in total. The van der Waals surface area contributed by atoms with Crippen LogP contribution in [0.3, 0.4) is 0 Å². The Morgan fingerprint density at radius 1 is 1.13 bits per heavy atom. The second-order valence-corrected chi connectivity index (χ2v) is 7.99. The van der Waals surface area contributed by atoms with Gasteiger partial charge in [-0.05, 0) is 18.2 Å². The molecule has 0 bridgehead atoms. The third-order valence-corrected chi connectivity index (χ3v) is 5.19. The SMILES string of the molecule is COCC(=O)C=C(N)c1nnc2c3ccccc3c(OCc3ccc(C(=O)NCCOC(F)(F)F)cn3)nn12. The van der Waals surface area contributed by atoms with E-state index in [0.717, 1.165) is 0 Å². The third-order valence-electron chi connectivity index (χ3n) is 5.19. The zero-order chi connectivity index (χ0) is 28.0. The van der Waals surface area contributed by atoms with Gasteiger partial charge >= 0.3 is 6.36 Å². The van der Waals surface area contributed by atoms with Crippen molar-refractivity contribution < 1.29 is 37.0 Å². The Balaban J connectivity index is 1.50. The van der Waals surface area contributed by atoms with E-state index in [4.69, 9.17) is 15.2 Å². The van der Waals surface area contributed by atoms with Crippen molar-refractivity contribution >= 4 is 33.8 Å². The van der Waals surface area contributed by atoms with Gasteiger partial charge in [0.1, 0.15) is 13.2 Å². The highest BCUT2D eigenvalue weighted by atomic mass is 19.4. The Labute approximate surface area is 218 Å². The van der Waals surface area contributed by atoms with Crippen molar-refractivity contribution in [1.82, 2.24) is 30.1 Å². The average molecular weight is 545 g/mol. The number of benzene rings is 1. The van der Waals surface area contributed by atoms with Gasteiger partial charge in [0.25, 0.3) is 5.91 Å². The molecule has 4 aromatic rings. The number of alkyl halides is 3. The number of carbonyl (C=O) groups is 2. The van der Waals surface area contributed by atoms with Gasteiger partial charge in [-0.15, -0.1) is 28.5 Å². The highest BCUT2D eigenvalue weighted by Gasteiger charge is 2.28. The van der Waals surface area contributed by atoms with Gasteiger partial charge in [0, 0.05) is 36.7 Å². The van der Waals surface area contributed by atoms with Gasteiger partial charge < -0.3 is 20.5 Å². The number of methoxy groups -OCH3 is 1. The molecule has 15 heteroatoms. The summed E-state index contributed by atoms with van der Waals surface area (Å²) in [7, 11) is 1.39. The molecule has 0 spiro atoms. The zero-order valence-corrected chi connectivity index (χ0v) is 20.4. The summed E-state index contributed by atoms with van der Waals surface area (Å²) in [6, 6.07) is 10.2. The Kier molecular flexibility index (Phi) is 8.31. The van der Waals surface area contributed by atoms with Crippen LogP contribution in [0.25, 0.3) is 22.1 Å². The molecule has 0 saturated heterocycles. The van der Waals surface area contributed by atoms with E-state index in [-0.39, 0.29) is 48.5 Å². The number of pyridine rings is 1. The first kappa shape index (κ1) is 27.4. The highest BCUT2D eigenvalue weighted by Crippen LogP contribution is 2.27. The molecule has 39 heavy (non-hydrogen) atoms. The van der Waals surface area contributed by atoms with Gasteiger partial charge in [-0.25, -0.2) is 0 Å². The van der Waals surface area contributed by atoms with E-state index in [0.29, 0.717) is 22.1 Å². The van der Waals surface area contributed by atoms with Crippen LogP contribution in [0.5, 0.6) is 5.88 Å². The van der Waals surface area contributed by atoms with Crippen LogP contribution in [-0.4, -0.2) is 69.7 Å². The van der Waals surface area contributed by atoms with E-state index in [1.165, 1.54) is 36.0 Å². The predicted octanol–water partition coefficient (Wildman–Crippen LogP) is 2.03. The molecule has 0 unspecified atom stereocenters. The molecular formula is C24H22F3N7O5. The van der Waals surface area contributed by atoms with Crippen LogP contribution in [-0.2, 0) is 20.9 Å². The van der Waals surface area contributed by atoms with Crippen LogP contribution in [0.15, 0.2) is 48.7 Å². The number of ether oxygens (including phenoxy) is 3. The van der Waals surface area contributed by atoms with Gasteiger partial charge in [0.15, 0.2) is 11.4 Å². The number of amides is 1. The maximum absolute atomic E-state index is 12.1. The molecule has 0 saturated carbocycles. The molecule has 204 valence electrons. The first-order valence-electron chi connectivity index (χ1n) is 11.4. The maximum Gasteiger partial charge on any atom is 0.522 e. The minimum absolute atomic E-state index is 0.0288. The molecule has 1 amide bonds. The highest BCUT2D eigenvalue weighted by molar-refractivity contribution is 5.98. The van der Waals surface area contributed by atoms with Gasteiger partial charge in [-0.1, -0.05) is 18.2 Å². The Morgan fingerprint density at radius 2 is 1.90 bits per heavy atom. The first-order chi connectivity index (χ1) is 18.7. The molecule has 1 aromatic carbocycles. The Hall–Kier alpha value is -4.63. The fourth-order valence-corrected chi connectivity index (χ4v) is 3.48. The molecule has 0 radical (unpaired) electrons. The molecule has 4 rings (SSSR count). The van der Waals surface area contributed by atoms with Crippen LogP contribution in [0.1, 0.15) is 21.9 Å². The molecule has 3 aromatic heterocycles. The molecule has 0 fully saturated rings. The normalized spacial score (nSPS) is 12.2. The number of halogens is 3. The number of hydrogen-bond donors (Lipinski definition) is 2. The van der Waals surface area contributed by atoms with Crippen molar-refractivity contribution in [3.8, 4) is 5.88 Å². The number of fused-ring (bicyclic) bond motifs is 3. The lowest BCUT2D eigenvalue weighted by atomic mass is 10.2. The third kappa shape index (κ3) is 6.82. The van der Waals surface area contributed by atoms with Crippen LogP contribution in [0, 0.1) is 0 Å². The molecule has 0 atom stereocenters. The number of nitrogens with two attached hydrogens (primary N) is 1. The van der Waals surface area contributed by atoms with E-state index in [1.807, 2.05) is 6.07 Å². The summed E-state index contributed by atoms with van der Waals surface area (Å²) >= 11 is 0. The standard InChI is InChI=1S/C24H22F3N7O5/c1-37-13-16(35)10-19(28)21-32-31-20-17-4-2-3-5-18(17)23(33-34(20)21)38-12-15-7-6-14(11-30-15)22(36)29-8-9-39-24(25,26)27/h2-7,10-11H,8-9,12-13,28H2,1H3,(H,29,36). The number of hydrogen-bond acceptors (Lipinski definition) is 10. The zero-order valence-electron chi connectivity index (χ0n) is 20.4. The molecule has 3 heterocycles. The summed E-state index contributed by atoms with van der Waals surface area (Å²) in [4.78, 5) is 28.2. The van der Waals surface area contributed by atoms with Gasteiger partial charge in [0.05, 0.1) is 23.6 Å². The predicted molar refractivity (Wildman–Crippen MR) is 130 cm³/mol. The maximum atomic E-state index is 12.1. The van der Waals surface area contributed by atoms with Crippen molar-refractivity contribution in [2.75, 3.05) is 26.9 Å². The second-order valence-electron chi connectivity index (χ2n) is 7.99. The smallest absolute Gasteiger partial charge is 0.470 e. The van der Waals surface area contributed by atoms with Gasteiger partial charge in [0.2, 0.25) is 11.7 Å².